The van der Waals surface area contributed by atoms with E-state index in [0.717, 1.165) is 0 Å². The lowest BCUT2D eigenvalue weighted by atomic mass is 10.1. The van der Waals surface area contributed by atoms with Crippen LogP contribution in [0.25, 0.3) is 27.8 Å². The molecule has 0 aliphatic carbocycles. The number of nitrogens with one attached hydrogen (secondary N) is 1. The van der Waals surface area contributed by atoms with Gasteiger partial charge < -0.3 is 4.98 Å². The number of carbonyl (C=O) groups is 1. The third kappa shape index (κ3) is 2.11. The van der Waals surface area contributed by atoms with Gasteiger partial charge in [-0.25, -0.2) is 4.39 Å². The van der Waals surface area contributed by atoms with Crippen molar-refractivity contribution >= 4 is 27.7 Å². The highest BCUT2D eigenvalue weighted by molar-refractivity contribution is 6.67. The summed E-state index contributed by atoms with van der Waals surface area (Å²) in [5.74, 6) is -0.415. The first-order chi connectivity index (χ1) is 11.6. The summed E-state index contributed by atoms with van der Waals surface area (Å²) in [5, 5.41) is 4.27. The second-order valence-corrected chi connectivity index (χ2v) is 5.59. The second kappa shape index (κ2) is 5.28. The Kier molecular flexibility index (Phi) is 3.21. The first-order valence-corrected chi connectivity index (χ1v) is 7.43. The first kappa shape index (κ1) is 14.6. The van der Waals surface area contributed by atoms with E-state index >= 15 is 0 Å². The van der Waals surface area contributed by atoms with Crippen LogP contribution in [0.5, 0.6) is 0 Å². The quantitative estimate of drug-likeness (QED) is 0.569. The predicted molar refractivity (Wildman–Crippen MR) is 88.5 cm³/mol. The van der Waals surface area contributed by atoms with E-state index in [-0.39, 0.29) is 11.1 Å². The van der Waals surface area contributed by atoms with Crippen molar-refractivity contribution in [2.45, 2.75) is 0 Å². The van der Waals surface area contributed by atoms with E-state index in [9.17, 15) is 14.0 Å². The summed E-state index contributed by atoms with van der Waals surface area (Å²) in [6.07, 6.45) is 1.45. The lowest BCUT2D eigenvalue weighted by Gasteiger charge is -2.03. The molecule has 0 saturated heterocycles. The van der Waals surface area contributed by atoms with Crippen molar-refractivity contribution in [1.29, 1.82) is 0 Å². The van der Waals surface area contributed by atoms with Crippen LogP contribution in [-0.4, -0.2) is 20.0 Å². The number of benzene rings is 2. The van der Waals surface area contributed by atoms with Gasteiger partial charge in [-0.1, -0.05) is 12.1 Å². The van der Waals surface area contributed by atoms with Gasteiger partial charge in [-0.2, -0.15) is 9.78 Å². The molecule has 4 rings (SSSR count). The Morgan fingerprint density at radius 1 is 1.17 bits per heavy atom. The van der Waals surface area contributed by atoms with Crippen molar-refractivity contribution < 1.29 is 9.18 Å². The second-order valence-electron chi connectivity index (χ2n) is 5.25. The highest BCUT2D eigenvalue weighted by Gasteiger charge is 2.20. The minimum absolute atomic E-state index is 0.290. The zero-order valence-corrected chi connectivity index (χ0v) is 12.8. The largest absolute Gasteiger partial charge is 0.358 e. The lowest BCUT2D eigenvalue weighted by molar-refractivity contribution is 0.108. The summed E-state index contributed by atoms with van der Waals surface area (Å²) in [6.45, 7) is 0. The molecule has 2 aromatic rings. The van der Waals surface area contributed by atoms with Gasteiger partial charge >= 0.3 is 0 Å². The van der Waals surface area contributed by atoms with Gasteiger partial charge in [0, 0.05) is 17.1 Å². The van der Waals surface area contributed by atoms with Gasteiger partial charge in [-0.3, -0.25) is 9.59 Å². The molecule has 2 heterocycles. The number of hydrogen-bond donors (Lipinski definition) is 1. The van der Waals surface area contributed by atoms with E-state index in [1.54, 1.807) is 24.3 Å². The molecule has 2 aromatic carbocycles. The third-order valence-corrected chi connectivity index (χ3v) is 4.06. The summed E-state index contributed by atoms with van der Waals surface area (Å²) in [5.41, 5.74) is 1.53. The molecule has 0 bridgehead atoms. The lowest BCUT2D eigenvalue weighted by Crippen LogP contribution is -2.14. The average molecular weight is 342 g/mol. The zero-order valence-electron chi connectivity index (χ0n) is 12.1. The van der Waals surface area contributed by atoms with Crippen molar-refractivity contribution in [2.75, 3.05) is 0 Å². The van der Waals surface area contributed by atoms with Crippen molar-refractivity contribution in [1.82, 2.24) is 14.8 Å². The molecule has 0 amide bonds. The minimum atomic E-state index is -0.578. The number of nitrogens with zero attached hydrogens (tertiary/aromatic N) is 2. The van der Waals surface area contributed by atoms with Crippen LogP contribution in [0.1, 0.15) is 10.4 Å². The number of halogens is 2. The Morgan fingerprint density at radius 3 is 2.62 bits per heavy atom. The van der Waals surface area contributed by atoms with Gasteiger partial charge in [-0.15, -0.1) is 0 Å². The smallest absolute Gasteiger partial charge is 0.282 e. The van der Waals surface area contributed by atoms with Crippen LogP contribution in [-0.2, 0) is 0 Å². The van der Waals surface area contributed by atoms with Gasteiger partial charge in [0.15, 0.2) is 0 Å². The zero-order chi connectivity index (χ0) is 16.8. The van der Waals surface area contributed by atoms with E-state index in [1.165, 1.54) is 29.1 Å². The molecule has 0 atom stereocenters. The predicted octanol–water partition coefficient (Wildman–Crippen LogP) is 3.34. The monoisotopic (exact) mass is 341 g/mol. The SMILES string of the molecule is O=C(Cl)c1ccc(-n2nc3c4cccc(F)c4[nH]cc-3c2=O)cc1. The maximum atomic E-state index is 13.9. The highest BCUT2D eigenvalue weighted by atomic mass is 35.5. The number of para-hydroxylation sites is 1. The van der Waals surface area contributed by atoms with Gasteiger partial charge in [0.2, 0.25) is 0 Å². The molecule has 0 fully saturated rings. The Bertz CT molecular complexity index is 1120. The minimum Gasteiger partial charge on any atom is -0.358 e. The van der Waals surface area contributed by atoms with Crippen LogP contribution in [0.3, 0.4) is 0 Å². The summed E-state index contributed by atoms with van der Waals surface area (Å²) >= 11 is 5.41. The maximum Gasteiger partial charge on any atom is 0.282 e. The molecular formula is C17H9ClFN3O2. The Labute approximate surface area is 139 Å². The Morgan fingerprint density at radius 2 is 1.92 bits per heavy atom. The van der Waals surface area contributed by atoms with Crippen LogP contribution < -0.4 is 5.56 Å². The number of H-pyrrole nitrogens is 1. The number of aromatic nitrogens is 3. The number of pyridine rings is 1. The number of carbonyl (C=O) groups excluding carboxylic acids is 1. The fourth-order valence-electron chi connectivity index (χ4n) is 2.66. The number of rotatable bonds is 2. The molecule has 24 heavy (non-hydrogen) atoms. The highest BCUT2D eigenvalue weighted by Crippen LogP contribution is 2.27. The van der Waals surface area contributed by atoms with Gasteiger partial charge in [0.25, 0.3) is 10.8 Å². The molecule has 0 aromatic heterocycles. The van der Waals surface area contributed by atoms with Crippen molar-refractivity contribution in [3.63, 3.8) is 0 Å². The molecule has 0 spiro atoms. The van der Waals surface area contributed by atoms with Gasteiger partial charge in [-0.05, 0) is 41.9 Å². The van der Waals surface area contributed by atoms with E-state index in [0.29, 0.717) is 27.9 Å². The van der Waals surface area contributed by atoms with Crippen molar-refractivity contribution in [2.24, 2.45) is 0 Å². The standard InChI is InChI=1S/C17H9ClFN3O2/c18-16(23)9-4-6-10(7-5-9)22-17(24)12-8-20-15-11(14(12)21-22)2-1-3-13(15)19/h1-8,20H. The molecule has 2 aliphatic heterocycles. The molecule has 118 valence electrons. The van der Waals surface area contributed by atoms with Crippen LogP contribution >= 0.6 is 11.6 Å². The fraction of sp³-hybridized carbons (Fsp3) is 0. The summed E-state index contributed by atoms with van der Waals surface area (Å²) in [7, 11) is 0. The molecular weight excluding hydrogens is 333 g/mol. The van der Waals surface area contributed by atoms with Crippen LogP contribution in [0, 0.1) is 5.82 Å². The van der Waals surface area contributed by atoms with Gasteiger partial charge in [0.1, 0.15) is 11.5 Å². The molecule has 0 radical (unpaired) electrons. The summed E-state index contributed by atoms with van der Waals surface area (Å²) in [4.78, 5) is 26.5. The Hall–Kier alpha value is -2.99. The molecule has 1 N–H and O–H groups in total. The molecule has 0 saturated carbocycles. The third-order valence-electron chi connectivity index (χ3n) is 3.85. The van der Waals surface area contributed by atoms with Crippen LogP contribution in [0.2, 0.25) is 0 Å². The Balaban J connectivity index is 1.97. The number of aromatic amines is 1. The summed E-state index contributed by atoms with van der Waals surface area (Å²) in [6, 6.07) is 10.8. The average Bonchev–Trinajstić information content (AvgIpc) is 2.93. The maximum absolute atomic E-state index is 13.9. The van der Waals surface area contributed by atoms with E-state index in [2.05, 4.69) is 10.1 Å². The molecule has 0 unspecified atom stereocenters. The number of hydrogen-bond acceptors (Lipinski definition) is 3. The first-order valence-electron chi connectivity index (χ1n) is 7.05. The molecule has 7 heteroatoms. The van der Waals surface area contributed by atoms with Gasteiger partial charge in [0.05, 0.1) is 16.8 Å². The summed E-state index contributed by atoms with van der Waals surface area (Å²) < 4.78 is 15.1. The van der Waals surface area contributed by atoms with Crippen LogP contribution in [0.4, 0.5) is 4.39 Å². The fourth-order valence-corrected chi connectivity index (χ4v) is 2.79. The molecule has 2 aliphatic rings. The topological polar surface area (TPSA) is 67.8 Å². The number of fused-ring (bicyclic) bond motifs is 3. The molecule has 5 nitrogen and oxygen atoms in total. The van der Waals surface area contributed by atoms with E-state index in [1.807, 2.05) is 0 Å². The van der Waals surface area contributed by atoms with E-state index < -0.39 is 11.1 Å². The van der Waals surface area contributed by atoms with Crippen molar-refractivity contribution in [3.8, 4) is 16.9 Å². The van der Waals surface area contributed by atoms with Crippen molar-refractivity contribution in [3.05, 3.63) is 70.4 Å². The van der Waals surface area contributed by atoms with Crippen LogP contribution in [0.15, 0.2) is 53.5 Å². The normalized spacial score (nSPS) is 11.2. The van der Waals surface area contributed by atoms with E-state index in [4.69, 9.17) is 11.6 Å².